The summed E-state index contributed by atoms with van der Waals surface area (Å²) >= 11 is 5.46. The first kappa shape index (κ1) is 15.0. The Hall–Kier alpha value is -1.40. The lowest BCUT2D eigenvalue weighted by Crippen LogP contribution is -2.26. The van der Waals surface area contributed by atoms with E-state index in [1.54, 1.807) is 0 Å². The van der Waals surface area contributed by atoms with Gasteiger partial charge >= 0.3 is 0 Å². The second-order valence-electron chi connectivity index (χ2n) is 4.40. The van der Waals surface area contributed by atoms with Gasteiger partial charge in [0.1, 0.15) is 11.9 Å². The summed E-state index contributed by atoms with van der Waals surface area (Å²) in [6.07, 6.45) is 0.977. The maximum atomic E-state index is 13.9. The average molecular weight is 305 g/mol. The van der Waals surface area contributed by atoms with E-state index in [0.717, 1.165) is 12.1 Å². The lowest BCUT2D eigenvalue weighted by molar-refractivity contribution is 0.0223. The van der Waals surface area contributed by atoms with Crippen LogP contribution in [0.3, 0.4) is 0 Å². The molecule has 1 aliphatic rings. The minimum Gasteiger partial charge on any atom is -0.484 e. The second-order valence-corrected chi connectivity index (χ2v) is 4.67. The van der Waals surface area contributed by atoms with E-state index in [1.807, 2.05) is 0 Å². The normalized spacial score (nSPS) is 17.2. The van der Waals surface area contributed by atoms with Gasteiger partial charge in [-0.1, -0.05) is 0 Å². The van der Waals surface area contributed by atoms with Crippen molar-refractivity contribution in [2.75, 3.05) is 19.1 Å². The molecule has 1 aromatic carbocycles. The molecule has 1 fully saturated rings. The lowest BCUT2D eigenvalue weighted by Gasteiger charge is -2.23. The summed E-state index contributed by atoms with van der Waals surface area (Å²) in [5.41, 5.74) is 5.49. The van der Waals surface area contributed by atoms with Crippen LogP contribution in [0.1, 0.15) is 12.8 Å². The fourth-order valence-corrected chi connectivity index (χ4v) is 1.94. The third-order valence-electron chi connectivity index (χ3n) is 2.85. The molecular weight excluding hydrogens is 290 g/mol. The van der Waals surface area contributed by atoms with Crippen LogP contribution in [0.2, 0.25) is 0 Å². The Labute approximate surface area is 120 Å². The average Bonchev–Trinajstić information content (AvgIpc) is 2.44. The highest BCUT2D eigenvalue weighted by Gasteiger charge is 2.20. The molecule has 0 unspecified atom stereocenters. The molecule has 0 radical (unpaired) electrons. The Morgan fingerprint density at radius 2 is 1.95 bits per heavy atom. The van der Waals surface area contributed by atoms with E-state index >= 15 is 0 Å². The van der Waals surface area contributed by atoms with E-state index in [1.165, 1.54) is 0 Å². The molecule has 4 nitrogen and oxygen atoms in total. The van der Waals surface area contributed by atoms with Crippen LogP contribution in [0, 0.1) is 11.6 Å². The van der Waals surface area contributed by atoms with Crippen LogP contribution in [0.15, 0.2) is 17.1 Å². The van der Waals surface area contributed by atoms with Gasteiger partial charge in [-0.3, -0.25) is 0 Å². The van der Waals surface area contributed by atoms with E-state index in [9.17, 15) is 8.78 Å². The maximum absolute atomic E-state index is 13.9. The number of rotatable bonds is 4. The number of benzene rings is 1. The van der Waals surface area contributed by atoms with Crippen molar-refractivity contribution in [3.63, 3.8) is 0 Å². The molecule has 0 amide bonds. The Morgan fingerprint density at radius 3 is 2.50 bits per heavy atom. The Morgan fingerprint density at radius 1 is 1.35 bits per heavy atom. The highest BCUT2D eigenvalue weighted by atomic mass is 35.5. The number of nitrogens with zero attached hydrogens (tertiary/aromatic N) is 1. The van der Waals surface area contributed by atoms with Crippen LogP contribution in [0.25, 0.3) is 0 Å². The smallest absolute Gasteiger partial charge is 0.191 e. The molecule has 1 aliphatic heterocycles. The van der Waals surface area contributed by atoms with E-state index in [0.29, 0.717) is 26.1 Å². The number of ether oxygens (including phenoxy) is 2. The Bertz CT molecular complexity index is 482. The van der Waals surface area contributed by atoms with E-state index < -0.39 is 11.6 Å². The zero-order valence-corrected chi connectivity index (χ0v) is 11.5. The van der Waals surface area contributed by atoms with E-state index in [4.69, 9.17) is 26.8 Å². The summed E-state index contributed by atoms with van der Waals surface area (Å²) in [5.74, 6) is -1.93. The van der Waals surface area contributed by atoms with Crippen LogP contribution in [-0.4, -0.2) is 31.0 Å². The van der Waals surface area contributed by atoms with Crippen molar-refractivity contribution in [1.29, 1.82) is 0 Å². The maximum Gasteiger partial charge on any atom is 0.191 e. The first-order chi connectivity index (χ1) is 9.60. The Kier molecular flexibility index (Phi) is 5.14. The highest BCUT2D eigenvalue weighted by Crippen LogP contribution is 2.29. The van der Waals surface area contributed by atoms with Crippen molar-refractivity contribution in [3.05, 3.63) is 23.8 Å². The highest BCUT2D eigenvalue weighted by molar-refractivity contribution is 6.28. The number of aliphatic imine (C=N–C) groups is 1. The molecule has 1 aromatic rings. The van der Waals surface area contributed by atoms with E-state index in [2.05, 4.69) is 4.99 Å². The molecule has 2 N–H and O–H groups in total. The molecule has 2 rings (SSSR count). The summed E-state index contributed by atoms with van der Waals surface area (Å²) in [7, 11) is 0. The molecule has 1 saturated heterocycles. The van der Waals surface area contributed by atoms with Crippen LogP contribution in [0.5, 0.6) is 5.75 Å². The van der Waals surface area contributed by atoms with E-state index in [-0.39, 0.29) is 29.3 Å². The molecule has 110 valence electrons. The number of hydrogen-bond acceptors (Lipinski definition) is 3. The van der Waals surface area contributed by atoms with Gasteiger partial charge in [-0.2, -0.15) is 0 Å². The zero-order chi connectivity index (χ0) is 14.5. The van der Waals surface area contributed by atoms with Crippen molar-refractivity contribution in [3.8, 4) is 5.75 Å². The third kappa shape index (κ3) is 3.80. The van der Waals surface area contributed by atoms with Crippen LogP contribution in [0.4, 0.5) is 14.5 Å². The van der Waals surface area contributed by atoms with Gasteiger partial charge in [-0.05, 0) is 0 Å². The predicted molar refractivity (Wildman–Crippen MR) is 72.8 cm³/mol. The number of halogens is 3. The van der Waals surface area contributed by atoms with Gasteiger partial charge in [0.15, 0.2) is 17.4 Å². The quantitative estimate of drug-likeness (QED) is 0.528. The molecule has 0 spiro atoms. The molecular formula is C13H15ClF2N2O2. The van der Waals surface area contributed by atoms with Gasteiger partial charge < -0.3 is 15.2 Å². The van der Waals surface area contributed by atoms with Crippen molar-refractivity contribution in [2.45, 2.75) is 18.9 Å². The monoisotopic (exact) mass is 304 g/mol. The minimum absolute atomic E-state index is 0.0104. The summed E-state index contributed by atoms with van der Waals surface area (Å²) in [6, 6.07) is 2.13. The summed E-state index contributed by atoms with van der Waals surface area (Å²) < 4.78 is 38.3. The van der Waals surface area contributed by atoms with Gasteiger partial charge in [0, 0.05) is 25.0 Å². The topological polar surface area (TPSA) is 56.8 Å². The first-order valence-corrected chi connectivity index (χ1v) is 6.76. The van der Waals surface area contributed by atoms with Gasteiger partial charge in [0.05, 0.1) is 24.8 Å². The molecule has 0 aliphatic carbocycles. The molecule has 0 atom stereocenters. The fourth-order valence-electron chi connectivity index (χ4n) is 1.88. The number of amidine groups is 1. The lowest BCUT2D eigenvalue weighted by atomic mass is 10.1. The number of hydrogen-bond donors (Lipinski definition) is 1. The zero-order valence-electron chi connectivity index (χ0n) is 10.7. The number of alkyl halides is 1. The standard InChI is InChI=1S/C13H15ClF2N2O2/c14-7-12(17)18-8-5-10(15)13(11(16)6-8)20-9-1-3-19-4-2-9/h5-6,9H,1-4,7H2,(H2,17,18). The molecule has 20 heavy (non-hydrogen) atoms. The fraction of sp³-hybridized carbons (Fsp3) is 0.462. The minimum atomic E-state index is -0.808. The van der Waals surface area contributed by atoms with Crippen LogP contribution < -0.4 is 10.5 Å². The molecule has 7 heteroatoms. The summed E-state index contributed by atoms with van der Waals surface area (Å²) in [4.78, 5) is 3.79. The first-order valence-electron chi connectivity index (χ1n) is 6.22. The van der Waals surface area contributed by atoms with Gasteiger partial charge in [-0.25, -0.2) is 13.8 Å². The molecule has 0 saturated carbocycles. The SMILES string of the molecule is NC(CCl)=Nc1cc(F)c(OC2CCOCC2)c(F)c1. The molecule has 0 bridgehead atoms. The van der Waals surface area contributed by atoms with Gasteiger partial charge in [-0.15, -0.1) is 11.6 Å². The molecule has 0 aromatic heterocycles. The van der Waals surface area contributed by atoms with Gasteiger partial charge in [0.25, 0.3) is 0 Å². The predicted octanol–water partition coefficient (Wildman–Crippen LogP) is 2.75. The van der Waals surface area contributed by atoms with Gasteiger partial charge in [0.2, 0.25) is 0 Å². The Balaban J connectivity index is 2.17. The van der Waals surface area contributed by atoms with Crippen LogP contribution in [-0.2, 0) is 4.74 Å². The largest absolute Gasteiger partial charge is 0.484 e. The van der Waals surface area contributed by atoms with Crippen LogP contribution >= 0.6 is 11.6 Å². The van der Waals surface area contributed by atoms with Crippen molar-refractivity contribution in [1.82, 2.24) is 0 Å². The van der Waals surface area contributed by atoms with Crippen molar-refractivity contribution < 1.29 is 18.3 Å². The third-order valence-corrected chi connectivity index (χ3v) is 3.12. The second kappa shape index (κ2) is 6.85. The number of nitrogens with two attached hydrogens (primary N) is 1. The van der Waals surface area contributed by atoms with Crippen molar-refractivity contribution >= 4 is 23.1 Å². The molecule has 1 heterocycles. The summed E-state index contributed by atoms with van der Waals surface area (Å²) in [6.45, 7) is 1.06. The summed E-state index contributed by atoms with van der Waals surface area (Å²) in [5, 5.41) is 0. The van der Waals surface area contributed by atoms with Crippen molar-refractivity contribution in [2.24, 2.45) is 10.7 Å².